The van der Waals surface area contributed by atoms with Crippen molar-refractivity contribution in [3.63, 3.8) is 0 Å². The lowest BCUT2D eigenvalue weighted by atomic mass is 10.1. The molecule has 1 aromatic heterocycles. The number of nitrogens with zero attached hydrogens (tertiary/aromatic N) is 1. The predicted octanol–water partition coefficient (Wildman–Crippen LogP) is 5.79. The third-order valence-corrected chi connectivity index (χ3v) is 5.54. The molecule has 29 heavy (non-hydrogen) atoms. The number of pyridine rings is 1. The molecule has 0 radical (unpaired) electrons. The Bertz CT molecular complexity index is 1280. The van der Waals surface area contributed by atoms with Crippen LogP contribution in [0.2, 0.25) is 5.02 Å². The molecule has 3 aromatic carbocycles. The van der Waals surface area contributed by atoms with E-state index in [9.17, 15) is 12.3 Å². The summed E-state index contributed by atoms with van der Waals surface area (Å²) in [6.07, 6.45) is 0. The first-order chi connectivity index (χ1) is 13.9. The van der Waals surface area contributed by atoms with Crippen molar-refractivity contribution in [1.29, 1.82) is 0 Å². The number of hydrogen-bond acceptors (Lipinski definition) is 4. The summed E-state index contributed by atoms with van der Waals surface area (Å²) in [5.74, 6) is 0.724. The molecule has 7 heteroatoms. The Morgan fingerprint density at radius 1 is 0.931 bits per heavy atom. The molecule has 4 aromatic rings. The van der Waals surface area contributed by atoms with Crippen LogP contribution in [0.15, 0.2) is 83.8 Å². The second-order valence-electron chi connectivity index (χ2n) is 6.40. The van der Waals surface area contributed by atoms with Crippen molar-refractivity contribution in [2.45, 2.75) is 11.5 Å². The van der Waals surface area contributed by atoms with Crippen molar-refractivity contribution in [2.75, 3.05) is 0 Å². The average Bonchev–Trinajstić information content (AvgIpc) is 2.72. The zero-order chi connectivity index (χ0) is 20.4. The molecular weight excluding hydrogens is 413 g/mol. The quantitative estimate of drug-likeness (QED) is 0.378. The number of aromatic nitrogens is 1. The summed E-state index contributed by atoms with van der Waals surface area (Å²) in [5, 5.41) is 0.664. The fraction of sp³-hybridized carbons (Fsp3) is 0.0455. The zero-order valence-electron chi connectivity index (χ0n) is 15.0. The molecule has 0 aliphatic heterocycles. The maximum atomic E-state index is 13.2. The van der Waals surface area contributed by atoms with Crippen LogP contribution in [-0.4, -0.2) is 13.4 Å². The van der Waals surface area contributed by atoms with Gasteiger partial charge in [0, 0.05) is 10.9 Å². The summed E-state index contributed by atoms with van der Waals surface area (Å²) in [6.45, 7) is 0.472. The summed E-state index contributed by atoms with van der Waals surface area (Å²) >= 11 is 6.30. The molecule has 0 amide bonds. The van der Waals surface area contributed by atoms with E-state index < -0.39 is 15.1 Å². The lowest BCUT2D eigenvalue weighted by Crippen LogP contribution is -1.95. The number of fused-ring (bicyclic) bond motifs is 1. The van der Waals surface area contributed by atoms with Gasteiger partial charge in [-0.3, -0.25) is 0 Å². The molecule has 0 fully saturated rings. The maximum absolute atomic E-state index is 13.2. The van der Waals surface area contributed by atoms with Crippen LogP contribution in [0.25, 0.3) is 22.2 Å². The molecule has 0 saturated carbocycles. The van der Waals surface area contributed by atoms with Crippen LogP contribution in [0.1, 0.15) is 5.56 Å². The van der Waals surface area contributed by atoms with E-state index in [1.165, 1.54) is 18.2 Å². The Balaban J connectivity index is 1.59. The second kappa shape index (κ2) is 7.81. The van der Waals surface area contributed by atoms with E-state index in [1.54, 1.807) is 6.07 Å². The van der Waals surface area contributed by atoms with E-state index in [0.29, 0.717) is 28.2 Å². The highest BCUT2D eigenvalue weighted by Gasteiger charge is 2.14. The number of benzene rings is 3. The molecule has 4 rings (SSSR count). The SMILES string of the molecule is O=S(=O)(F)c1ccc2nc(-c3ccc(OCc4ccccc4)cc3)cc(Cl)c2c1. The van der Waals surface area contributed by atoms with Crippen molar-refractivity contribution < 1.29 is 17.0 Å². The molecular formula is C22H15ClFNO3S. The summed E-state index contributed by atoms with van der Waals surface area (Å²) in [6, 6.07) is 22.7. The first-order valence-electron chi connectivity index (χ1n) is 8.72. The molecule has 0 bridgehead atoms. The molecule has 4 nitrogen and oxygen atoms in total. The third-order valence-electron chi connectivity index (χ3n) is 4.41. The van der Waals surface area contributed by atoms with Gasteiger partial charge in [0.2, 0.25) is 0 Å². The van der Waals surface area contributed by atoms with Gasteiger partial charge >= 0.3 is 10.2 Å². The van der Waals surface area contributed by atoms with Gasteiger partial charge in [-0.2, -0.15) is 8.42 Å². The van der Waals surface area contributed by atoms with Crippen LogP contribution >= 0.6 is 11.6 Å². The fourth-order valence-corrected chi connectivity index (χ4v) is 3.67. The van der Waals surface area contributed by atoms with Gasteiger partial charge in [0.15, 0.2) is 0 Å². The minimum Gasteiger partial charge on any atom is -0.489 e. The fourth-order valence-electron chi connectivity index (χ4n) is 2.93. The first kappa shape index (κ1) is 19.4. The summed E-state index contributed by atoms with van der Waals surface area (Å²) in [4.78, 5) is 4.07. The largest absolute Gasteiger partial charge is 0.489 e. The molecule has 0 atom stereocenters. The highest BCUT2D eigenvalue weighted by molar-refractivity contribution is 7.86. The van der Waals surface area contributed by atoms with Crippen LogP contribution in [-0.2, 0) is 16.8 Å². The van der Waals surface area contributed by atoms with Gasteiger partial charge in [-0.05, 0) is 54.1 Å². The Hall–Kier alpha value is -2.96. The summed E-state index contributed by atoms with van der Waals surface area (Å²) < 4.78 is 41.2. The summed E-state index contributed by atoms with van der Waals surface area (Å²) in [5.41, 5.74) is 2.99. The van der Waals surface area contributed by atoms with E-state index in [0.717, 1.165) is 16.9 Å². The van der Waals surface area contributed by atoms with Gasteiger partial charge in [-0.1, -0.05) is 41.9 Å². The van der Waals surface area contributed by atoms with Gasteiger partial charge in [0.1, 0.15) is 12.4 Å². The molecule has 0 aliphatic carbocycles. The lowest BCUT2D eigenvalue weighted by Gasteiger charge is -2.09. The number of hydrogen-bond donors (Lipinski definition) is 0. The lowest BCUT2D eigenvalue weighted by molar-refractivity contribution is 0.306. The Morgan fingerprint density at radius 2 is 1.66 bits per heavy atom. The standard InChI is InChI=1S/C22H15ClFNO3S/c23-20-13-22(25-21-11-10-18(12-19(20)21)29(24,26)27)16-6-8-17(9-7-16)28-14-15-4-2-1-3-5-15/h1-13H,14H2. The Morgan fingerprint density at radius 3 is 2.34 bits per heavy atom. The van der Waals surface area contributed by atoms with E-state index in [-0.39, 0.29) is 0 Å². The maximum Gasteiger partial charge on any atom is 0.332 e. The zero-order valence-corrected chi connectivity index (χ0v) is 16.6. The highest BCUT2D eigenvalue weighted by atomic mass is 35.5. The molecule has 146 valence electrons. The molecule has 0 aliphatic rings. The van der Waals surface area contributed by atoms with E-state index in [2.05, 4.69) is 4.98 Å². The number of halogens is 2. The van der Waals surface area contributed by atoms with E-state index >= 15 is 0 Å². The third kappa shape index (κ3) is 4.39. The minimum absolute atomic E-state index is 0.292. The van der Waals surface area contributed by atoms with Gasteiger partial charge in [0.05, 0.1) is 21.1 Å². The van der Waals surface area contributed by atoms with Crippen LogP contribution in [0.5, 0.6) is 5.75 Å². The molecule has 0 spiro atoms. The van der Waals surface area contributed by atoms with Gasteiger partial charge in [-0.25, -0.2) is 4.98 Å². The van der Waals surface area contributed by atoms with Gasteiger partial charge in [0.25, 0.3) is 0 Å². The smallest absolute Gasteiger partial charge is 0.332 e. The topological polar surface area (TPSA) is 56.3 Å². The van der Waals surface area contributed by atoms with Crippen LogP contribution in [0, 0.1) is 0 Å². The second-order valence-corrected chi connectivity index (χ2v) is 8.16. The van der Waals surface area contributed by atoms with Crippen molar-refractivity contribution in [3.8, 4) is 17.0 Å². The Kier molecular flexibility index (Phi) is 5.22. The summed E-state index contributed by atoms with van der Waals surface area (Å²) in [7, 11) is -4.80. The van der Waals surface area contributed by atoms with E-state index in [1.807, 2.05) is 54.6 Å². The molecule has 1 heterocycles. The minimum atomic E-state index is -4.80. The first-order valence-corrected chi connectivity index (χ1v) is 10.5. The predicted molar refractivity (Wildman–Crippen MR) is 111 cm³/mol. The van der Waals surface area contributed by atoms with Crippen LogP contribution in [0.4, 0.5) is 3.89 Å². The number of rotatable bonds is 5. The normalized spacial score (nSPS) is 11.5. The van der Waals surface area contributed by atoms with Crippen molar-refractivity contribution in [1.82, 2.24) is 4.98 Å². The van der Waals surface area contributed by atoms with Gasteiger partial charge < -0.3 is 4.74 Å². The molecule has 0 unspecified atom stereocenters. The van der Waals surface area contributed by atoms with Crippen molar-refractivity contribution in [3.05, 3.63) is 89.4 Å². The molecule has 0 saturated heterocycles. The highest BCUT2D eigenvalue weighted by Crippen LogP contribution is 2.31. The van der Waals surface area contributed by atoms with Crippen molar-refractivity contribution in [2.24, 2.45) is 0 Å². The van der Waals surface area contributed by atoms with Gasteiger partial charge in [-0.15, -0.1) is 3.89 Å². The monoisotopic (exact) mass is 427 g/mol. The average molecular weight is 428 g/mol. The van der Waals surface area contributed by atoms with Crippen LogP contribution in [0.3, 0.4) is 0 Å². The number of ether oxygens (including phenoxy) is 1. The van der Waals surface area contributed by atoms with Crippen molar-refractivity contribution >= 4 is 32.7 Å². The Labute approximate surface area is 172 Å². The van der Waals surface area contributed by atoms with E-state index in [4.69, 9.17) is 16.3 Å². The van der Waals surface area contributed by atoms with Crippen LogP contribution < -0.4 is 4.74 Å². The molecule has 0 N–H and O–H groups in total.